The van der Waals surface area contributed by atoms with Crippen molar-refractivity contribution in [1.82, 2.24) is 15.5 Å². The SMILES string of the molecule is CCSSCCNC1=C(C)C(=O)C2=C(C1=O)[C@@H](COC(N)=O)[C@@]1(OC)[C@H]3N[C@H]3CN21. The van der Waals surface area contributed by atoms with E-state index in [0.29, 0.717) is 35.6 Å². The molecule has 3 aliphatic heterocycles. The summed E-state index contributed by atoms with van der Waals surface area (Å²) in [7, 11) is 5.02. The van der Waals surface area contributed by atoms with Crippen LogP contribution in [-0.4, -0.2) is 78.7 Å². The van der Waals surface area contributed by atoms with Crippen LogP contribution in [0.4, 0.5) is 4.79 Å². The summed E-state index contributed by atoms with van der Waals surface area (Å²) in [6, 6.07) is 0.129. The summed E-state index contributed by atoms with van der Waals surface area (Å²) in [6.07, 6.45) is -0.926. The van der Waals surface area contributed by atoms with Gasteiger partial charge >= 0.3 is 6.09 Å². The van der Waals surface area contributed by atoms with Crippen molar-refractivity contribution >= 4 is 39.2 Å². The lowest BCUT2D eigenvalue weighted by atomic mass is 9.82. The second kappa shape index (κ2) is 8.10. The molecule has 11 heteroatoms. The summed E-state index contributed by atoms with van der Waals surface area (Å²) < 4.78 is 11.1. The van der Waals surface area contributed by atoms with Crippen molar-refractivity contribution in [3.8, 4) is 0 Å². The highest BCUT2D eigenvalue weighted by atomic mass is 33.1. The number of rotatable bonds is 9. The Bertz CT molecular complexity index is 860. The van der Waals surface area contributed by atoms with Gasteiger partial charge in [0.1, 0.15) is 6.61 Å². The number of methoxy groups -OCH3 is 1. The number of primary amides is 1. The first kappa shape index (κ1) is 21.5. The standard InChI is InChI=1S/C19H26N4O5S2/c1-4-29-30-6-5-21-13-9(2)15(24)14-12(16(13)25)10(8-28-18(20)26)19(27-3)17-11(22-17)7-23(14)19/h10-11,17,21-22H,4-8H2,1-3H3,(H2,20,26)/t10-,11+,17+,19-/m1/s1. The maximum Gasteiger partial charge on any atom is 0.404 e. The highest BCUT2D eigenvalue weighted by molar-refractivity contribution is 8.76. The molecule has 0 unspecified atom stereocenters. The number of nitrogens with zero attached hydrogens (tertiary/aromatic N) is 1. The first-order valence-corrected chi connectivity index (χ1v) is 12.4. The molecule has 3 heterocycles. The third-order valence-corrected chi connectivity index (χ3v) is 8.60. The summed E-state index contributed by atoms with van der Waals surface area (Å²) in [4.78, 5) is 40.1. The van der Waals surface area contributed by atoms with Gasteiger partial charge in [-0.1, -0.05) is 28.5 Å². The van der Waals surface area contributed by atoms with Gasteiger partial charge in [-0.05, 0) is 6.92 Å². The molecule has 2 saturated heterocycles. The minimum Gasteiger partial charge on any atom is -0.449 e. The molecule has 0 aromatic heterocycles. The molecule has 0 aromatic carbocycles. The summed E-state index contributed by atoms with van der Waals surface area (Å²) >= 11 is 0. The summed E-state index contributed by atoms with van der Waals surface area (Å²) in [5.74, 6) is 0.774. The van der Waals surface area contributed by atoms with Crippen molar-refractivity contribution in [2.75, 3.05) is 38.3 Å². The number of nitrogens with one attached hydrogen (secondary N) is 2. The van der Waals surface area contributed by atoms with Crippen molar-refractivity contribution in [3.63, 3.8) is 0 Å². The van der Waals surface area contributed by atoms with Crippen molar-refractivity contribution in [2.45, 2.75) is 31.7 Å². The van der Waals surface area contributed by atoms with Crippen LogP contribution >= 0.6 is 21.6 Å². The normalized spacial score (nSPS) is 31.7. The number of amides is 1. The van der Waals surface area contributed by atoms with Gasteiger partial charge < -0.3 is 30.7 Å². The lowest BCUT2D eigenvalue weighted by molar-refractivity contribution is -0.137. The molecule has 2 fully saturated rings. The molecule has 4 atom stereocenters. The maximum absolute atomic E-state index is 13.5. The minimum atomic E-state index is -0.945. The van der Waals surface area contributed by atoms with Gasteiger partial charge in [-0.25, -0.2) is 4.79 Å². The van der Waals surface area contributed by atoms with Gasteiger partial charge in [-0.2, -0.15) is 0 Å². The Hall–Kier alpha value is -1.69. The van der Waals surface area contributed by atoms with E-state index in [-0.39, 0.29) is 30.3 Å². The largest absolute Gasteiger partial charge is 0.449 e. The molecular formula is C19H26N4O5S2. The number of allylic oxidation sites excluding steroid dienone is 2. The van der Waals surface area contributed by atoms with Crippen LogP contribution in [0.25, 0.3) is 0 Å². The molecular weight excluding hydrogens is 428 g/mol. The maximum atomic E-state index is 13.5. The van der Waals surface area contributed by atoms with E-state index in [2.05, 4.69) is 17.6 Å². The second-order valence-electron chi connectivity index (χ2n) is 7.58. The number of nitrogens with two attached hydrogens (primary N) is 1. The second-order valence-corrected chi connectivity index (χ2v) is 10.4. The molecule has 164 valence electrons. The van der Waals surface area contributed by atoms with Crippen LogP contribution in [0.15, 0.2) is 22.5 Å². The van der Waals surface area contributed by atoms with Crippen molar-refractivity contribution < 1.29 is 23.9 Å². The molecule has 0 radical (unpaired) electrons. The number of carbonyl (C=O) groups is 3. The monoisotopic (exact) mass is 454 g/mol. The van der Waals surface area contributed by atoms with Crippen molar-refractivity contribution in [1.29, 1.82) is 0 Å². The Morgan fingerprint density at radius 3 is 2.80 bits per heavy atom. The number of ether oxygens (including phenoxy) is 2. The molecule has 4 aliphatic rings. The fourth-order valence-corrected chi connectivity index (χ4v) is 6.44. The Morgan fingerprint density at radius 1 is 1.37 bits per heavy atom. The predicted molar refractivity (Wildman–Crippen MR) is 115 cm³/mol. The molecule has 4 rings (SSSR count). The Balaban J connectivity index is 1.64. The van der Waals surface area contributed by atoms with Gasteiger partial charge in [0.15, 0.2) is 5.72 Å². The van der Waals surface area contributed by atoms with E-state index < -0.39 is 17.7 Å². The van der Waals surface area contributed by atoms with E-state index in [1.807, 2.05) is 4.90 Å². The molecule has 1 amide bonds. The number of piperazine rings is 1. The average Bonchev–Trinajstić information content (AvgIpc) is 3.33. The van der Waals surface area contributed by atoms with Gasteiger partial charge in [0.25, 0.3) is 0 Å². The van der Waals surface area contributed by atoms with E-state index >= 15 is 0 Å². The minimum absolute atomic E-state index is 0.0469. The van der Waals surface area contributed by atoms with Crippen LogP contribution in [0.5, 0.6) is 0 Å². The van der Waals surface area contributed by atoms with Crippen LogP contribution in [-0.2, 0) is 19.1 Å². The van der Waals surface area contributed by atoms with Crippen LogP contribution in [0.1, 0.15) is 13.8 Å². The molecule has 4 N–H and O–H groups in total. The first-order valence-electron chi connectivity index (χ1n) is 9.92. The molecule has 9 nitrogen and oxygen atoms in total. The van der Waals surface area contributed by atoms with Crippen LogP contribution in [0.2, 0.25) is 0 Å². The van der Waals surface area contributed by atoms with E-state index in [1.165, 1.54) is 0 Å². The zero-order valence-corrected chi connectivity index (χ0v) is 18.8. The number of ketones is 2. The zero-order valence-electron chi connectivity index (χ0n) is 17.1. The fourth-order valence-electron chi connectivity index (χ4n) is 4.86. The Kier molecular flexibility index (Phi) is 5.82. The van der Waals surface area contributed by atoms with E-state index in [9.17, 15) is 14.4 Å². The van der Waals surface area contributed by atoms with E-state index in [1.54, 1.807) is 35.6 Å². The number of hydrogen-bond donors (Lipinski definition) is 3. The Morgan fingerprint density at radius 2 is 2.13 bits per heavy atom. The molecule has 0 spiro atoms. The lowest BCUT2D eigenvalue weighted by Crippen LogP contribution is -2.55. The van der Waals surface area contributed by atoms with Crippen LogP contribution < -0.4 is 16.4 Å². The molecule has 1 aliphatic carbocycles. The summed E-state index contributed by atoms with van der Waals surface area (Å²) in [5.41, 5.74) is 5.69. The van der Waals surface area contributed by atoms with Gasteiger partial charge in [0.2, 0.25) is 11.6 Å². The van der Waals surface area contributed by atoms with Gasteiger partial charge in [0.05, 0.1) is 23.4 Å². The molecule has 0 saturated carbocycles. The highest BCUT2D eigenvalue weighted by Gasteiger charge is 2.72. The smallest absolute Gasteiger partial charge is 0.404 e. The average molecular weight is 455 g/mol. The molecule has 0 bridgehead atoms. The van der Waals surface area contributed by atoms with Crippen LogP contribution in [0.3, 0.4) is 0 Å². The third kappa shape index (κ3) is 3.14. The lowest BCUT2D eigenvalue weighted by Gasteiger charge is -2.39. The quantitative estimate of drug-likeness (QED) is 0.194. The topological polar surface area (TPSA) is 133 Å². The fraction of sp³-hybridized carbons (Fsp3) is 0.632. The first-order chi connectivity index (χ1) is 14.4. The number of hydrogen-bond acceptors (Lipinski definition) is 10. The van der Waals surface area contributed by atoms with Gasteiger partial charge in [0, 0.05) is 48.9 Å². The number of fused-ring (bicyclic) bond motifs is 4. The third-order valence-electron chi connectivity index (χ3n) is 6.12. The van der Waals surface area contributed by atoms with Crippen molar-refractivity contribution in [3.05, 3.63) is 22.5 Å². The van der Waals surface area contributed by atoms with E-state index in [4.69, 9.17) is 15.2 Å². The summed E-state index contributed by atoms with van der Waals surface area (Å²) in [6.45, 7) is 4.76. The van der Waals surface area contributed by atoms with Gasteiger partial charge in [-0.3, -0.25) is 9.59 Å². The predicted octanol–water partition coefficient (Wildman–Crippen LogP) is 0.381. The molecule has 30 heavy (non-hydrogen) atoms. The summed E-state index contributed by atoms with van der Waals surface area (Å²) in [5, 5.41) is 6.50. The number of carbonyl (C=O) groups excluding carboxylic acids is 3. The van der Waals surface area contributed by atoms with Crippen molar-refractivity contribution in [2.24, 2.45) is 11.7 Å². The highest BCUT2D eigenvalue weighted by Crippen LogP contribution is 2.55. The van der Waals surface area contributed by atoms with E-state index in [0.717, 1.165) is 11.5 Å². The molecule has 0 aromatic rings. The zero-order chi connectivity index (χ0) is 21.6. The van der Waals surface area contributed by atoms with Crippen LogP contribution in [0, 0.1) is 5.92 Å². The number of Topliss-reactive ketones (excluding diaryl/α,β-unsaturated/α-hetero) is 2. The Labute approximate surface area is 182 Å². The van der Waals surface area contributed by atoms with Gasteiger partial charge in [-0.15, -0.1) is 0 Å².